The van der Waals surface area contributed by atoms with Crippen LogP contribution in [0.2, 0.25) is 10.0 Å². The van der Waals surface area contributed by atoms with Crippen LogP contribution >= 0.6 is 23.2 Å². The summed E-state index contributed by atoms with van der Waals surface area (Å²) in [6, 6.07) is 8.82. The number of hydrogen-bond acceptors (Lipinski definition) is 4. The lowest BCUT2D eigenvalue weighted by atomic mass is 10.1. The Hall–Kier alpha value is -1.82. The minimum absolute atomic E-state index is 0.0984. The van der Waals surface area contributed by atoms with Crippen molar-refractivity contribution in [2.45, 2.75) is 38.8 Å². The smallest absolute Gasteiger partial charge is 0.241 e. The summed E-state index contributed by atoms with van der Waals surface area (Å²) in [6.45, 7) is 5.47. The van der Waals surface area contributed by atoms with Gasteiger partial charge in [-0.2, -0.15) is 0 Å². The van der Waals surface area contributed by atoms with Crippen LogP contribution in [-0.4, -0.2) is 41.0 Å². The van der Waals surface area contributed by atoms with Crippen LogP contribution in [0, 0.1) is 6.92 Å². The summed E-state index contributed by atoms with van der Waals surface area (Å²) in [7, 11) is 0. The number of rotatable bonds is 5. The second-order valence-electron chi connectivity index (χ2n) is 6.79. The zero-order valence-electron chi connectivity index (χ0n) is 15.4. The number of carbonyl (C=O) groups is 1. The van der Waals surface area contributed by atoms with E-state index in [0.29, 0.717) is 21.6 Å². The molecular weight excluding hydrogens is 385 g/mol. The number of carbonyl (C=O) groups excluding carboxylic acids is 1. The highest BCUT2D eigenvalue weighted by Gasteiger charge is 2.28. The van der Waals surface area contributed by atoms with Gasteiger partial charge in [-0.05, 0) is 44.4 Å². The van der Waals surface area contributed by atoms with Gasteiger partial charge >= 0.3 is 0 Å². The van der Waals surface area contributed by atoms with Crippen LogP contribution in [-0.2, 0) is 4.79 Å². The third-order valence-corrected chi connectivity index (χ3v) is 5.60. The average molecular weight is 408 g/mol. The lowest BCUT2D eigenvalue weighted by Crippen LogP contribution is -2.47. The number of amides is 1. The lowest BCUT2D eigenvalue weighted by Gasteiger charge is -2.35. The largest absolute Gasteiger partial charge is 0.474 e. The van der Waals surface area contributed by atoms with Gasteiger partial charge in [-0.25, -0.2) is 4.98 Å². The van der Waals surface area contributed by atoms with Gasteiger partial charge in [0.05, 0.1) is 21.8 Å². The van der Waals surface area contributed by atoms with E-state index in [0.717, 1.165) is 31.5 Å². The molecule has 7 heteroatoms. The standard InChI is InChI=1S/C20H23Cl2N3O2/c1-13-6-7-18(23-12-13)27-15-8-10-25(11-9-15)14(2)20(26)24-17-5-3-4-16(21)19(17)22/h3-7,12,14-15H,8-11H2,1-2H3,(H,24,26)/t14-/m0/s1. The molecule has 0 bridgehead atoms. The molecule has 0 spiro atoms. The minimum atomic E-state index is -0.265. The molecule has 1 aromatic carbocycles. The van der Waals surface area contributed by atoms with Gasteiger partial charge in [0.15, 0.2) is 0 Å². The van der Waals surface area contributed by atoms with E-state index in [4.69, 9.17) is 27.9 Å². The highest BCUT2D eigenvalue weighted by Crippen LogP contribution is 2.30. The van der Waals surface area contributed by atoms with Crippen LogP contribution in [0.5, 0.6) is 5.88 Å². The Labute approximate surface area is 169 Å². The molecule has 5 nitrogen and oxygen atoms in total. The molecule has 0 aliphatic carbocycles. The fourth-order valence-electron chi connectivity index (χ4n) is 3.08. The van der Waals surface area contributed by atoms with E-state index in [1.807, 2.05) is 26.0 Å². The van der Waals surface area contributed by atoms with Crippen LogP contribution < -0.4 is 10.1 Å². The normalized spacial score (nSPS) is 16.7. The Morgan fingerprint density at radius 3 is 2.67 bits per heavy atom. The van der Waals surface area contributed by atoms with E-state index in [-0.39, 0.29) is 18.1 Å². The first-order valence-corrected chi connectivity index (χ1v) is 9.78. The summed E-state index contributed by atoms with van der Waals surface area (Å²) in [5, 5.41) is 3.65. The fraction of sp³-hybridized carbons (Fsp3) is 0.400. The molecular formula is C20H23Cl2N3O2. The third-order valence-electron chi connectivity index (χ3n) is 4.78. The van der Waals surface area contributed by atoms with E-state index >= 15 is 0 Å². The SMILES string of the molecule is Cc1ccc(OC2CCN([C@@H](C)C(=O)Nc3cccc(Cl)c3Cl)CC2)nc1. The van der Waals surface area contributed by atoms with Crippen molar-refractivity contribution in [3.05, 3.63) is 52.1 Å². The number of pyridine rings is 1. The van der Waals surface area contributed by atoms with Gasteiger partial charge in [0, 0.05) is 25.4 Å². The maximum absolute atomic E-state index is 12.6. The van der Waals surface area contributed by atoms with Crippen molar-refractivity contribution in [1.29, 1.82) is 0 Å². The van der Waals surface area contributed by atoms with E-state index < -0.39 is 0 Å². The van der Waals surface area contributed by atoms with Crippen molar-refractivity contribution in [2.24, 2.45) is 0 Å². The number of nitrogens with zero attached hydrogens (tertiary/aromatic N) is 2. The van der Waals surface area contributed by atoms with Gasteiger partial charge in [0.1, 0.15) is 6.10 Å². The molecule has 1 aliphatic rings. The number of piperidine rings is 1. The highest BCUT2D eigenvalue weighted by molar-refractivity contribution is 6.44. The predicted octanol–water partition coefficient (Wildman–Crippen LogP) is 4.57. The summed E-state index contributed by atoms with van der Waals surface area (Å²) in [4.78, 5) is 19.0. The number of hydrogen-bond donors (Lipinski definition) is 1. The van der Waals surface area contributed by atoms with Crippen molar-refractivity contribution in [3.63, 3.8) is 0 Å². The number of halogens is 2. The maximum atomic E-state index is 12.6. The monoisotopic (exact) mass is 407 g/mol. The molecule has 2 heterocycles. The van der Waals surface area contributed by atoms with Gasteiger partial charge in [-0.1, -0.05) is 35.3 Å². The van der Waals surface area contributed by atoms with Crippen molar-refractivity contribution < 1.29 is 9.53 Å². The number of nitrogens with one attached hydrogen (secondary N) is 1. The van der Waals surface area contributed by atoms with E-state index in [9.17, 15) is 4.79 Å². The molecule has 1 aromatic heterocycles. The topological polar surface area (TPSA) is 54.5 Å². The molecule has 0 unspecified atom stereocenters. The van der Waals surface area contributed by atoms with Gasteiger partial charge in [-0.3, -0.25) is 9.69 Å². The van der Waals surface area contributed by atoms with E-state index in [1.165, 1.54) is 0 Å². The first kappa shape index (κ1) is 19.9. The van der Waals surface area contributed by atoms with Gasteiger partial charge in [0.25, 0.3) is 0 Å². The van der Waals surface area contributed by atoms with Crippen molar-refractivity contribution in [3.8, 4) is 5.88 Å². The second-order valence-corrected chi connectivity index (χ2v) is 7.58. The molecule has 1 N–H and O–H groups in total. The van der Waals surface area contributed by atoms with E-state index in [2.05, 4.69) is 15.2 Å². The molecule has 1 fully saturated rings. The molecule has 1 atom stereocenters. The zero-order chi connectivity index (χ0) is 19.4. The number of ether oxygens (including phenoxy) is 1. The summed E-state index contributed by atoms with van der Waals surface area (Å²) < 4.78 is 5.95. The number of likely N-dealkylation sites (tertiary alicyclic amines) is 1. The van der Waals surface area contributed by atoms with Gasteiger partial charge in [0.2, 0.25) is 11.8 Å². The summed E-state index contributed by atoms with van der Waals surface area (Å²) in [6.07, 6.45) is 3.63. The molecule has 0 saturated carbocycles. The fourth-order valence-corrected chi connectivity index (χ4v) is 3.43. The Kier molecular flexibility index (Phi) is 6.58. The van der Waals surface area contributed by atoms with Crippen molar-refractivity contribution in [2.75, 3.05) is 18.4 Å². The summed E-state index contributed by atoms with van der Waals surface area (Å²) in [5.41, 5.74) is 1.64. The molecule has 0 radical (unpaired) electrons. The lowest BCUT2D eigenvalue weighted by molar-refractivity contribution is -0.121. The van der Waals surface area contributed by atoms with Crippen molar-refractivity contribution in [1.82, 2.24) is 9.88 Å². The number of aromatic nitrogens is 1. The van der Waals surface area contributed by atoms with Crippen LogP contribution in [0.4, 0.5) is 5.69 Å². The van der Waals surface area contributed by atoms with Crippen molar-refractivity contribution >= 4 is 34.8 Å². The number of anilines is 1. The molecule has 2 aromatic rings. The van der Waals surface area contributed by atoms with Crippen LogP contribution in [0.25, 0.3) is 0 Å². The Morgan fingerprint density at radius 2 is 2.00 bits per heavy atom. The molecule has 1 saturated heterocycles. The van der Waals surface area contributed by atoms with Crippen LogP contribution in [0.15, 0.2) is 36.5 Å². The third kappa shape index (κ3) is 5.12. The maximum Gasteiger partial charge on any atom is 0.241 e. The molecule has 1 aliphatic heterocycles. The Bertz CT molecular complexity index is 790. The van der Waals surface area contributed by atoms with Gasteiger partial charge < -0.3 is 10.1 Å². The molecule has 1 amide bonds. The second kappa shape index (κ2) is 8.91. The zero-order valence-corrected chi connectivity index (χ0v) is 16.9. The molecule has 144 valence electrons. The first-order chi connectivity index (χ1) is 12.9. The summed E-state index contributed by atoms with van der Waals surface area (Å²) >= 11 is 12.2. The highest BCUT2D eigenvalue weighted by atomic mass is 35.5. The first-order valence-electron chi connectivity index (χ1n) is 9.02. The summed E-state index contributed by atoms with van der Waals surface area (Å²) in [5.74, 6) is 0.555. The predicted molar refractivity (Wildman–Crippen MR) is 109 cm³/mol. The van der Waals surface area contributed by atoms with E-state index in [1.54, 1.807) is 24.4 Å². The average Bonchev–Trinajstić information content (AvgIpc) is 2.67. The Balaban J connectivity index is 1.51. The number of aryl methyl sites for hydroxylation is 1. The molecule has 27 heavy (non-hydrogen) atoms. The van der Waals surface area contributed by atoms with Gasteiger partial charge in [-0.15, -0.1) is 0 Å². The Morgan fingerprint density at radius 1 is 1.26 bits per heavy atom. The van der Waals surface area contributed by atoms with Crippen LogP contribution in [0.3, 0.4) is 0 Å². The number of benzene rings is 1. The quantitative estimate of drug-likeness (QED) is 0.788. The molecule has 3 rings (SSSR count). The van der Waals surface area contributed by atoms with Crippen LogP contribution in [0.1, 0.15) is 25.3 Å². The minimum Gasteiger partial charge on any atom is -0.474 e.